The molecule has 0 aliphatic rings. The summed E-state index contributed by atoms with van der Waals surface area (Å²) in [6, 6.07) is 0. The molecular formula is C10H25ClNO2+. The van der Waals surface area contributed by atoms with Crippen molar-refractivity contribution in [1.82, 2.24) is 0 Å². The fourth-order valence-electron chi connectivity index (χ4n) is 1.35. The molecule has 14 heavy (non-hydrogen) atoms. The molecule has 3 nitrogen and oxygen atoms in total. The van der Waals surface area contributed by atoms with E-state index in [1.807, 2.05) is 0 Å². The number of hydrogen-bond acceptors (Lipinski definition) is 2. The maximum atomic E-state index is 5.56. The van der Waals surface area contributed by atoms with Crippen molar-refractivity contribution in [2.75, 3.05) is 46.7 Å². The van der Waals surface area contributed by atoms with Gasteiger partial charge in [-0.2, -0.15) is 0 Å². The number of halogens is 1. The Bertz CT molecular complexity index is 110. The largest absolute Gasteiger partial charge is 0.382 e. The van der Waals surface area contributed by atoms with E-state index in [4.69, 9.17) is 9.47 Å². The van der Waals surface area contributed by atoms with E-state index in [0.29, 0.717) is 13.2 Å². The van der Waals surface area contributed by atoms with Crippen LogP contribution in [0.5, 0.6) is 0 Å². The third kappa shape index (κ3) is 5.81. The van der Waals surface area contributed by atoms with Crippen LogP contribution in [0.15, 0.2) is 0 Å². The molecule has 0 fully saturated rings. The van der Waals surface area contributed by atoms with E-state index in [9.17, 15) is 0 Å². The van der Waals surface area contributed by atoms with E-state index in [1.165, 1.54) is 0 Å². The molecule has 0 saturated carbocycles. The minimum Gasteiger partial charge on any atom is -0.382 e. The van der Waals surface area contributed by atoms with Crippen molar-refractivity contribution in [2.45, 2.75) is 20.8 Å². The van der Waals surface area contributed by atoms with Crippen molar-refractivity contribution >= 4 is 12.4 Å². The molecule has 0 amide bonds. The Morgan fingerprint density at radius 2 is 1.43 bits per heavy atom. The van der Waals surface area contributed by atoms with E-state index in [1.54, 1.807) is 7.11 Å². The van der Waals surface area contributed by atoms with Crippen LogP contribution in [-0.4, -0.2) is 51.2 Å². The number of quaternary nitrogens is 1. The number of nitrogens with zero attached hydrogens (tertiary/aromatic N) is 1. The molecule has 0 N–H and O–H groups in total. The average molecular weight is 227 g/mol. The molecule has 0 saturated heterocycles. The zero-order chi connectivity index (χ0) is 10.2. The van der Waals surface area contributed by atoms with Crippen LogP contribution in [0.3, 0.4) is 0 Å². The highest BCUT2D eigenvalue weighted by molar-refractivity contribution is 5.85. The van der Waals surface area contributed by atoms with Gasteiger partial charge in [0.2, 0.25) is 0 Å². The van der Waals surface area contributed by atoms with Gasteiger partial charge in [0, 0.05) is 7.11 Å². The normalized spacial score (nSPS) is 11.1. The number of hydrogen-bond donors (Lipinski definition) is 0. The molecule has 0 spiro atoms. The zero-order valence-electron chi connectivity index (χ0n) is 9.91. The van der Waals surface area contributed by atoms with Gasteiger partial charge in [-0.25, -0.2) is 0 Å². The highest BCUT2D eigenvalue weighted by Gasteiger charge is 2.19. The maximum Gasteiger partial charge on any atom is 0.183 e. The summed E-state index contributed by atoms with van der Waals surface area (Å²) in [5.74, 6) is 0. The Labute approximate surface area is 94.4 Å². The van der Waals surface area contributed by atoms with Gasteiger partial charge in [-0.15, -0.1) is 12.4 Å². The van der Waals surface area contributed by atoms with Crippen LogP contribution in [0.4, 0.5) is 0 Å². The summed E-state index contributed by atoms with van der Waals surface area (Å²) in [6.07, 6.45) is 0. The minimum atomic E-state index is 0. The molecular weight excluding hydrogens is 202 g/mol. The van der Waals surface area contributed by atoms with Gasteiger partial charge < -0.3 is 14.0 Å². The lowest BCUT2D eigenvalue weighted by atomic mass is 10.4. The first kappa shape index (κ1) is 16.6. The summed E-state index contributed by atoms with van der Waals surface area (Å²) in [5.41, 5.74) is 0. The smallest absolute Gasteiger partial charge is 0.183 e. The molecule has 0 atom stereocenters. The minimum absolute atomic E-state index is 0. The predicted molar refractivity (Wildman–Crippen MR) is 61.8 cm³/mol. The van der Waals surface area contributed by atoms with Crippen molar-refractivity contribution in [3.8, 4) is 0 Å². The summed E-state index contributed by atoms with van der Waals surface area (Å²) in [5, 5.41) is 0. The maximum absolute atomic E-state index is 5.56. The van der Waals surface area contributed by atoms with Gasteiger partial charge >= 0.3 is 0 Å². The second-order valence-corrected chi connectivity index (χ2v) is 3.32. The first-order valence-corrected chi connectivity index (χ1v) is 5.16. The topological polar surface area (TPSA) is 18.5 Å². The highest BCUT2D eigenvalue weighted by atomic mass is 35.5. The second kappa shape index (κ2) is 9.71. The van der Waals surface area contributed by atoms with Crippen molar-refractivity contribution in [2.24, 2.45) is 0 Å². The van der Waals surface area contributed by atoms with Gasteiger partial charge in [-0.05, 0) is 20.8 Å². The van der Waals surface area contributed by atoms with Crippen LogP contribution in [0, 0.1) is 0 Å². The fourth-order valence-corrected chi connectivity index (χ4v) is 1.35. The Morgan fingerprint density at radius 3 is 1.79 bits per heavy atom. The van der Waals surface area contributed by atoms with Crippen LogP contribution >= 0.6 is 12.4 Å². The molecule has 0 aromatic heterocycles. The van der Waals surface area contributed by atoms with E-state index >= 15 is 0 Å². The predicted octanol–water partition coefficient (Wildman–Crippen LogP) is 1.91. The van der Waals surface area contributed by atoms with Crippen LogP contribution < -0.4 is 0 Å². The fraction of sp³-hybridized carbons (Fsp3) is 1.00. The van der Waals surface area contributed by atoms with Crippen molar-refractivity contribution in [3.63, 3.8) is 0 Å². The van der Waals surface area contributed by atoms with Gasteiger partial charge in [-0.1, -0.05) is 0 Å². The zero-order valence-corrected chi connectivity index (χ0v) is 10.7. The summed E-state index contributed by atoms with van der Waals surface area (Å²) in [7, 11) is 1.70. The van der Waals surface area contributed by atoms with E-state index in [-0.39, 0.29) is 12.4 Å². The van der Waals surface area contributed by atoms with E-state index < -0.39 is 0 Å². The quantitative estimate of drug-likeness (QED) is 0.358. The molecule has 0 rings (SSSR count). The molecule has 0 aliphatic carbocycles. The molecule has 0 aromatic carbocycles. The average Bonchev–Trinajstić information content (AvgIpc) is 2.20. The Kier molecular flexibility index (Phi) is 11.5. The van der Waals surface area contributed by atoms with Gasteiger partial charge in [0.05, 0.1) is 32.8 Å². The van der Waals surface area contributed by atoms with Crippen molar-refractivity contribution in [1.29, 1.82) is 0 Å². The van der Waals surface area contributed by atoms with Crippen LogP contribution in [0.1, 0.15) is 20.8 Å². The molecule has 4 heteroatoms. The molecule has 88 valence electrons. The summed E-state index contributed by atoms with van der Waals surface area (Å²) in [6.45, 7) is 12.3. The number of methoxy groups -OCH3 is 1. The van der Waals surface area contributed by atoms with Crippen molar-refractivity contribution < 1.29 is 14.0 Å². The Hall–Kier alpha value is 0.170. The third-order valence-corrected chi connectivity index (χ3v) is 2.81. The first-order valence-electron chi connectivity index (χ1n) is 5.16. The Morgan fingerprint density at radius 1 is 0.929 bits per heavy atom. The highest BCUT2D eigenvalue weighted by Crippen LogP contribution is 2.05. The molecule has 0 radical (unpaired) electrons. The molecule has 0 bridgehead atoms. The van der Waals surface area contributed by atoms with Gasteiger partial charge in [0.1, 0.15) is 0 Å². The van der Waals surface area contributed by atoms with E-state index in [0.717, 1.165) is 30.8 Å². The number of rotatable bonds is 8. The number of ether oxygens (including phenoxy) is 2. The molecule has 0 aliphatic heterocycles. The lowest BCUT2D eigenvalue weighted by Gasteiger charge is -2.34. The SMILES string of the molecule is CC[N+](CC)(CC)COCCOC.Cl. The van der Waals surface area contributed by atoms with Gasteiger partial charge in [0.25, 0.3) is 0 Å². The Balaban J connectivity index is 0. The third-order valence-electron chi connectivity index (χ3n) is 2.81. The summed E-state index contributed by atoms with van der Waals surface area (Å²) in [4.78, 5) is 0. The van der Waals surface area contributed by atoms with E-state index in [2.05, 4.69) is 20.8 Å². The molecule has 0 unspecified atom stereocenters. The van der Waals surface area contributed by atoms with Crippen LogP contribution in [-0.2, 0) is 9.47 Å². The van der Waals surface area contributed by atoms with Crippen LogP contribution in [0.2, 0.25) is 0 Å². The van der Waals surface area contributed by atoms with Gasteiger partial charge in [-0.3, -0.25) is 0 Å². The standard InChI is InChI=1S/C10H24NO2.ClH/c1-5-11(6-2,7-3)10-13-9-8-12-4;/h5-10H2,1-4H3;1H/q+1;. The monoisotopic (exact) mass is 226 g/mol. The first-order chi connectivity index (χ1) is 6.24. The van der Waals surface area contributed by atoms with Crippen LogP contribution in [0.25, 0.3) is 0 Å². The van der Waals surface area contributed by atoms with Gasteiger partial charge in [0.15, 0.2) is 6.73 Å². The summed E-state index contributed by atoms with van der Waals surface area (Å²) >= 11 is 0. The van der Waals surface area contributed by atoms with Crippen molar-refractivity contribution in [3.05, 3.63) is 0 Å². The lowest BCUT2D eigenvalue weighted by molar-refractivity contribution is -0.941. The second-order valence-electron chi connectivity index (χ2n) is 3.32. The molecule has 0 aromatic rings. The summed E-state index contributed by atoms with van der Waals surface area (Å²) < 4.78 is 11.5. The molecule has 0 heterocycles. The lowest BCUT2D eigenvalue weighted by Crippen LogP contribution is -2.49.